The van der Waals surface area contributed by atoms with Crippen LogP contribution in [0, 0.1) is 6.92 Å². The van der Waals surface area contributed by atoms with Crippen molar-refractivity contribution in [3.63, 3.8) is 0 Å². The highest BCUT2D eigenvalue weighted by atomic mass is 32.1. The number of aliphatic hydroxyl groups is 1. The van der Waals surface area contributed by atoms with Crippen LogP contribution in [-0.2, 0) is 0 Å². The van der Waals surface area contributed by atoms with E-state index in [1.54, 1.807) is 11.3 Å². The Morgan fingerprint density at radius 2 is 2.08 bits per heavy atom. The summed E-state index contributed by atoms with van der Waals surface area (Å²) < 4.78 is 2.13. The predicted molar refractivity (Wildman–Crippen MR) is 98.7 cm³/mol. The van der Waals surface area contributed by atoms with Crippen molar-refractivity contribution in [3.8, 4) is 10.4 Å². The lowest BCUT2D eigenvalue weighted by molar-refractivity contribution is 0.281. The maximum atomic E-state index is 9.32. The predicted octanol–water partition coefficient (Wildman–Crippen LogP) is 3.71. The molecule has 0 bridgehead atoms. The second-order valence-electron chi connectivity index (χ2n) is 5.91. The van der Waals surface area contributed by atoms with Gasteiger partial charge < -0.3 is 10.4 Å². The van der Waals surface area contributed by atoms with Gasteiger partial charge in [0.25, 0.3) is 0 Å². The molecule has 0 aliphatic rings. The fourth-order valence-corrected chi connectivity index (χ4v) is 3.93. The lowest BCUT2D eigenvalue weighted by Gasteiger charge is -2.12. The largest absolute Gasteiger partial charge is 0.394 e. The lowest BCUT2D eigenvalue weighted by Crippen LogP contribution is -2.20. The number of nitrogens with one attached hydrogen (secondary N) is 1. The molecule has 1 aromatic carbocycles. The summed E-state index contributed by atoms with van der Waals surface area (Å²) in [7, 11) is 0. The zero-order valence-electron chi connectivity index (χ0n) is 13.5. The highest BCUT2D eigenvalue weighted by Gasteiger charge is 2.16. The number of anilines is 1. The van der Waals surface area contributed by atoms with Gasteiger partial charge in [0.15, 0.2) is 11.5 Å². The van der Waals surface area contributed by atoms with E-state index in [9.17, 15) is 5.11 Å². The fraction of sp³-hybridized carbons (Fsp3) is 0.222. The molecule has 0 aliphatic carbocycles. The molecule has 3 heterocycles. The van der Waals surface area contributed by atoms with Crippen LogP contribution in [0.25, 0.3) is 26.4 Å². The van der Waals surface area contributed by atoms with Crippen LogP contribution < -0.4 is 5.32 Å². The van der Waals surface area contributed by atoms with E-state index in [4.69, 9.17) is 4.98 Å². The fourth-order valence-electron chi connectivity index (χ4n) is 2.76. The van der Waals surface area contributed by atoms with Crippen molar-refractivity contribution in [2.75, 3.05) is 11.9 Å². The molecule has 24 heavy (non-hydrogen) atoms. The lowest BCUT2D eigenvalue weighted by atomic mass is 10.2. The molecule has 4 rings (SSSR count). The molecule has 0 aliphatic heterocycles. The van der Waals surface area contributed by atoms with E-state index in [1.165, 1.54) is 10.4 Å². The summed E-state index contributed by atoms with van der Waals surface area (Å²) in [6.45, 7) is 4.01. The average Bonchev–Trinajstić information content (AvgIpc) is 3.19. The minimum Gasteiger partial charge on any atom is -0.394 e. The highest BCUT2D eigenvalue weighted by Crippen LogP contribution is 2.35. The summed E-state index contributed by atoms with van der Waals surface area (Å²) >= 11 is 1.72. The number of nitrogens with zero attached hydrogens (tertiary/aromatic N) is 3. The van der Waals surface area contributed by atoms with Gasteiger partial charge in [0, 0.05) is 22.8 Å². The third-order valence-electron chi connectivity index (χ3n) is 3.99. The normalized spacial score (nSPS) is 12.8. The zero-order chi connectivity index (χ0) is 16.7. The summed E-state index contributed by atoms with van der Waals surface area (Å²) in [6, 6.07) is 12.4. The summed E-state index contributed by atoms with van der Waals surface area (Å²) in [4.78, 5) is 11.5. The number of aromatic nitrogens is 3. The number of benzene rings is 1. The number of aliphatic hydroxyl groups excluding tert-OH is 1. The molecule has 0 saturated heterocycles. The van der Waals surface area contributed by atoms with Crippen LogP contribution in [0.2, 0.25) is 0 Å². The van der Waals surface area contributed by atoms with Crippen molar-refractivity contribution >= 4 is 33.1 Å². The van der Waals surface area contributed by atoms with Crippen molar-refractivity contribution in [2.45, 2.75) is 19.9 Å². The van der Waals surface area contributed by atoms with Gasteiger partial charge in [-0.15, -0.1) is 11.3 Å². The van der Waals surface area contributed by atoms with Gasteiger partial charge in [0.2, 0.25) is 0 Å². The monoisotopic (exact) mass is 338 g/mol. The van der Waals surface area contributed by atoms with Crippen LogP contribution in [0.3, 0.4) is 0 Å². The van der Waals surface area contributed by atoms with Gasteiger partial charge in [-0.3, -0.25) is 4.40 Å². The van der Waals surface area contributed by atoms with E-state index < -0.39 is 0 Å². The highest BCUT2D eigenvalue weighted by molar-refractivity contribution is 7.21. The van der Waals surface area contributed by atoms with E-state index in [-0.39, 0.29) is 12.6 Å². The number of imidazole rings is 1. The average molecular weight is 338 g/mol. The molecule has 0 amide bonds. The molecule has 0 saturated carbocycles. The van der Waals surface area contributed by atoms with E-state index in [1.807, 2.05) is 38.2 Å². The summed E-state index contributed by atoms with van der Waals surface area (Å²) in [5.41, 5.74) is 3.98. The molecule has 6 heteroatoms. The Hall–Kier alpha value is -2.44. The quantitative estimate of drug-likeness (QED) is 0.595. The Morgan fingerprint density at radius 3 is 2.83 bits per heavy atom. The third-order valence-corrected chi connectivity index (χ3v) is 5.15. The molecule has 4 aromatic rings. The molecule has 1 unspecified atom stereocenters. The topological polar surface area (TPSA) is 62.5 Å². The molecule has 122 valence electrons. The third kappa shape index (κ3) is 2.44. The van der Waals surface area contributed by atoms with Crippen molar-refractivity contribution in [1.82, 2.24) is 14.4 Å². The first kappa shape index (κ1) is 15.1. The Labute approximate surface area is 143 Å². The van der Waals surface area contributed by atoms with Crippen molar-refractivity contribution < 1.29 is 5.11 Å². The summed E-state index contributed by atoms with van der Waals surface area (Å²) in [5, 5.41) is 12.6. The van der Waals surface area contributed by atoms with Crippen LogP contribution in [0.5, 0.6) is 0 Å². The number of thiophene rings is 1. The van der Waals surface area contributed by atoms with Crippen LogP contribution in [0.15, 0.2) is 42.6 Å². The molecule has 0 radical (unpaired) electrons. The van der Waals surface area contributed by atoms with Gasteiger partial charge in [0.1, 0.15) is 10.3 Å². The number of hydrogen-bond acceptors (Lipinski definition) is 5. The smallest absolute Gasteiger partial charge is 0.181 e. The van der Waals surface area contributed by atoms with Crippen LogP contribution in [0.1, 0.15) is 12.6 Å². The van der Waals surface area contributed by atoms with E-state index in [0.717, 1.165) is 21.7 Å². The first-order valence-corrected chi connectivity index (χ1v) is 8.69. The van der Waals surface area contributed by atoms with Gasteiger partial charge in [-0.1, -0.05) is 30.3 Å². The zero-order valence-corrected chi connectivity index (χ0v) is 14.3. The Morgan fingerprint density at radius 1 is 1.29 bits per heavy atom. The van der Waals surface area contributed by atoms with Crippen molar-refractivity contribution in [2.24, 2.45) is 0 Å². The minimum atomic E-state index is -0.0806. The molecule has 0 spiro atoms. The molecular weight excluding hydrogens is 320 g/mol. The minimum absolute atomic E-state index is 0.0461. The Balaban J connectivity index is 1.95. The Kier molecular flexibility index (Phi) is 3.70. The number of rotatable bonds is 4. The molecule has 2 N–H and O–H groups in total. The van der Waals surface area contributed by atoms with Crippen LogP contribution >= 0.6 is 11.3 Å². The van der Waals surface area contributed by atoms with Gasteiger partial charge in [-0.05, 0) is 25.5 Å². The molecule has 3 aromatic heterocycles. The second kappa shape index (κ2) is 5.89. The maximum absolute atomic E-state index is 9.32. The van der Waals surface area contributed by atoms with Gasteiger partial charge in [0.05, 0.1) is 6.61 Å². The number of fused-ring (bicyclic) bond motifs is 3. The second-order valence-corrected chi connectivity index (χ2v) is 6.94. The molecular formula is C18H18N4OS. The van der Waals surface area contributed by atoms with E-state index in [0.29, 0.717) is 5.82 Å². The first-order chi connectivity index (χ1) is 11.7. The standard InChI is InChI=1S/C18H18N4OS/c1-11(10-23)20-16-17-19-9-12(2)22(17)18-14(21-16)8-15(24-18)13-6-4-3-5-7-13/h3-9,11,23H,10H2,1-2H3,(H,20,21). The summed E-state index contributed by atoms with van der Waals surface area (Å²) in [6.07, 6.45) is 1.85. The van der Waals surface area contributed by atoms with Gasteiger partial charge >= 0.3 is 0 Å². The maximum Gasteiger partial charge on any atom is 0.181 e. The summed E-state index contributed by atoms with van der Waals surface area (Å²) in [5.74, 6) is 0.703. The molecule has 5 nitrogen and oxygen atoms in total. The molecule has 1 atom stereocenters. The van der Waals surface area contributed by atoms with E-state index in [2.05, 4.69) is 32.9 Å². The molecule has 0 fully saturated rings. The van der Waals surface area contributed by atoms with E-state index >= 15 is 0 Å². The van der Waals surface area contributed by atoms with Gasteiger partial charge in [-0.25, -0.2) is 9.97 Å². The number of aryl methyl sites for hydroxylation is 1. The van der Waals surface area contributed by atoms with Crippen molar-refractivity contribution in [1.29, 1.82) is 0 Å². The van der Waals surface area contributed by atoms with Crippen molar-refractivity contribution in [3.05, 3.63) is 48.3 Å². The van der Waals surface area contributed by atoms with Crippen LogP contribution in [-0.4, -0.2) is 32.1 Å². The number of hydrogen-bond donors (Lipinski definition) is 2. The Bertz CT molecular complexity index is 1010. The van der Waals surface area contributed by atoms with Crippen LogP contribution in [0.4, 0.5) is 5.82 Å². The van der Waals surface area contributed by atoms with Gasteiger partial charge in [-0.2, -0.15) is 0 Å². The SMILES string of the molecule is Cc1cnc2c(NC(C)CO)nc3cc(-c4ccccc4)sc3n12. The first-order valence-electron chi connectivity index (χ1n) is 7.88.